The van der Waals surface area contributed by atoms with Gasteiger partial charge in [0.2, 0.25) is 0 Å². The van der Waals surface area contributed by atoms with Crippen LogP contribution in [0.1, 0.15) is 23.1 Å². The molecule has 4 heteroatoms. The van der Waals surface area contributed by atoms with E-state index in [1.54, 1.807) is 6.07 Å². The molecule has 3 rings (SSSR count). The molecule has 0 bridgehead atoms. The molecule has 0 unspecified atom stereocenters. The Bertz CT molecular complexity index is 718. The van der Waals surface area contributed by atoms with Crippen molar-refractivity contribution in [1.29, 1.82) is 5.26 Å². The van der Waals surface area contributed by atoms with Crippen molar-refractivity contribution in [2.24, 2.45) is 0 Å². The Morgan fingerprint density at radius 2 is 2.10 bits per heavy atom. The van der Waals surface area contributed by atoms with Gasteiger partial charge in [-0.15, -0.1) is 0 Å². The lowest BCUT2D eigenvalue weighted by molar-refractivity contribution is 0.597. The topological polar surface area (TPSA) is 53.0 Å². The molecule has 0 atom stereocenters. The molecule has 0 saturated heterocycles. The number of nitrogens with zero attached hydrogens (tertiary/aromatic N) is 2. The number of fused-ring (bicyclic) bond motifs is 1. The molecular weight excluding hydrogens is 265 g/mol. The van der Waals surface area contributed by atoms with Crippen LogP contribution in [0.25, 0.3) is 0 Å². The highest BCUT2D eigenvalue weighted by atomic mass is 19.1. The third-order valence-corrected chi connectivity index (χ3v) is 3.85. The van der Waals surface area contributed by atoms with Crippen LogP contribution in [-0.4, -0.2) is 6.54 Å². The van der Waals surface area contributed by atoms with E-state index < -0.39 is 0 Å². The lowest BCUT2D eigenvalue weighted by Gasteiger charge is -2.31. The van der Waals surface area contributed by atoms with Crippen LogP contribution in [0.5, 0.6) is 0 Å². The Morgan fingerprint density at radius 1 is 1.24 bits per heavy atom. The largest absolute Gasteiger partial charge is 0.399 e. The summed E-state index contributed by atoms with van der Waals surface area (Å²) in [4.78, 5) is 2.15. The SMILES string of the molecule is N#Cc1ccc(F)c(CN2CCCc3cc(N)ccc32)c1. The van der Waals surface area contributed by atoms with Gasteiger partial charge >= 0.3 is 0 Å². The van der Waals surface area contributed by atoms with E-state index in [0.717, 1.165) is 30.8 Å². The lowest BCUT2D eigenvalue weighted by Crippen LogP contribution is -2.29. The van der Waals surface area contributed by atoms with Crippen LogP contribution in [0.15, 0.2) is 36.4 Å². The molecule has 0 aromatic heterocycles. The smallest absolute Gasteiger partial charge is 0.128 e. The Hall–Kier alpha value is -2.54. The van der Waals surface area contributed by atoms with E-state index in [4.69, 9.17) is 11.0 Å². The summed E-state index contributed by atoms with van der Waals surface area (Å²) >= 11 is 0. The van der Waals surface area contributed by atoms with Crippen LogP contribution in [0.2, 0.25) is 0 Å². The van der Waals surface area contributed by atoms with E-state index in [9.17, 15) is 4.39 Å². The van der Waals surface area contributed by atoms with Crippen LogP contribution in [0.3, 0.4) is 0 Å². The molecule has 2 N–H and O–H groups in total. The van der Waals surface area contributed by atoms with Gasteiger partial charge in [0, 0.05) is 30.0 Å². The van der Waals surface area contributed by atoms with Crippen molar-refractivity contribution in [3.8, 4) is 6.07 Å². The van der Waals surface area contributed by atoms with E-state index in [1.807, 2.05) is 18.2 Å². The van der Waals surface area contributed by atoms with E-state index in [-0.39, 0.29) is 5.82 Å². The number of hydrogen-bond acceptors (Lipinski definition) is 3. The van der Waals surface area contributed by atoms with Crippen molar-refractivity contribution >= 4 is 11.4 Å². The summed E-state index contributed by atoms with van der Waals surface area (Å²) in [5.41, 5.74) is 9.94. The van der Waals surface area contributed by atoms with Crippen LogP contribution >= 0.6 is 0 Å². The first-order valence-corrected chi connectivity index (χ1v) is 6.99. The summed E-state index contributed by atoms with van der Waals surface area (Å²) in [5.74, 6) is -0.267. The van der Waals surface area contributed by atoms with Gasteiger partial charge in [0.25, 0.3) is 0 Å². The predicted molar refractivity (Wildman–Crippen MR) is 81.3 cm³/mol. The van der Waals surface area contributed by atoms with Crippen molar-refractivity contribution in [3.63, 3.8) is 0 Å². The number of nitrogen functional groups attached to an aromatic ring is 1. The van der Waals surface area contributed by atoms with Gasteiger partial charge in [-0.25, -0.2) is 4.39 Å². The second-order valence-corrected chi connectivity index (χ2v) is 5.33. The summed E-state index contributed by atoms with van der Waals surface area (Å²) in [6.45, 7) is 1.35. The predicted octanol–water partition coefficient (Wildman–Crippen LogP) is 3.23. The van der Waals surface area contributed by atoms with Crippen molar-refractivity contribution in [2.75, 3.05) is 17.2 Å². The summed E-state index contributed by atoms with van der Waals surface area (Å²) < 4.78 is 13.9. The van der Waals surface area contributed by atoms with Gasteiger partial charge in [-0.1, -0.05) is 0 Å². The standard InChI is InChI=1S/C17H16FN3/c18-16-5-3-12(10-19)8-14(16)11-21-7-1-2-13-9-15(20)4-6-17(13)21/h3-6,8-9H,1-2,7,11,20H2. The molecule has 0 radical (unpaired) electrons. The zero-order chi connectivity index (χ0) is 14.8. The van der Waals surface area contributed by atoms with Gasteiger partial charge in [0.05, 0.1) is 11.6 Å². The highest BCUT2D eigenvalue weighted by Crippen LogP contribution is 2.30. The Kier molecular flexibility index (Phi) is 3.49. The number of nitriles is 1. The first-order chi connectivity index (χ1) is 10.2. The average Bonchev–Trinajstić information content (AvgIpc) is 2.49. The van der Waals surface area contributed by atoms with E-state index in [2.05, 4.69) is 11.0 Å². The number of anilines is 2. The van der Waals surface area contributed by atoms with Gasteiger partial charge in [0.15, 0.2) is 0 Å². The first-order valence-electron chi connectivity index (χ1n) is 6.99. The van der Waals surface area contributed by atoms with E-state index in [0.29, 0.717) is 17.7 Å². The molecule has 0 amide bonds. The van der Waals surface area contributed by atoms with E-state index in [1.165, 1.54) is 17.7 Å². The monoisotopic (exact) mass is 281 g/mol. The highest BCUT2D eigenvalue weighted by Gasteiger charge is 2.18. The maximum atomic E-state index is 13.9. The van der Waals surface area contributed by atoms with Crippen molar-refractivity contribution < 1.29 is 4.39 Å². The molecule has 0 fully saturated rings. The minimum absolute atomic E-state index is 0.267. The minimum atomic E-state index is -0.267. The number of aryl methyl sites for hydroxylation is 1. The molecule has 106 valence electrons. The molecule has 2 aromatic carbocycles. The van der Waals surface area contributed by atoms with Crippen LogP contribution < -0.4 is 10.6 Å². The minimum Gasteiger partial charge on any atom is -0.399 e. The van der Waals surface area contributed by atoms with Crippen molar-refractivity contribution in [1.82, 2.24) is 0 Å². The van der Waals surface area contributed by atoms with E-state index >= 15 is 0 Å². The number of benzene rings is 2. The normalized spacial score (nSPS) is 13.6. The van der Waals surface area contributed by atoms with Gasteiger partial charge in [0.1, 0.15) is 5.82 Å². The Morgan fingerprint density at radius 3 is 2.90 bits per heavy atom. The fourth-order valence-electron chi connectivity index (χ4n) is 2.83. The van der Waals surface area contributed by atoms with Crippen LogP contribution in [0.4, 0.5) is 15.8 Å². The Balaban J connectivity index is 1.92. The quantitative estimate of drug-likeness (QED) is 0.860. The second-order valence-electron chi connectivity index (χ2n) is 5.33. The second kappa shape index (κ2) is 5.45. The number of hydrogen-bond donors (Lipinski definition) is 1. The molecule has 1 aliphatic rings. The Labute approximate surface area is 123 Å². The highest BCUT2D eigenvalue weighted by molar-refractivity contribution is 5.61. The molecule has 0 aliphatic carbocycles. The van der Waals surface area contributed by atoms with Gasteiger partial charge < -0.3 is 10.6 Å². The molecular formula is C17H16FN3. The van der Waals surface area contributed by atoms with Crippen molar-refractivity contribution in [3.05, 3.63) is 58.9 Å². The summed E-state index contributed by atoms with van der Waals surface area (Å²) in [5, 5.41) is 8.95. The van der Waals surface area contributed by atoms with Crippen LogP contribution in [0, 0.1) is 17.1 Å². The lowest BCUT2D eigenvalue weighted by atomic mass is 10.00. The third-order valence-electron chi connectivity index (χ3n) is 3.85. The zero-order valence-corrected chi connectivity index (χ0v) is 11.6. The van der Waals surface area contributed by atoms with Gasteiger partial charge in [-0.05, 0) is 54.8 Å². The average molecular weight is 281 g/mol. The molecule has 3 nitrogen and oxygen atoms in total. The molecule has 0 spiro atoms. The third kappa shape index (κ3) is 2.68. The maximum absolute atomic E-state index is 13.9. The van der Waals surface area contributed by atoms with Gasteiger partial charge in [-0.2, -0.15) is 5.26 Å². The van der Waals surface area contributed by atoms with Crippen molar-refractivity contribution in [2.45, 2.75) is 19.4 Å². The number of rotatable bonds is 2. The summed E-state index contributed by atoms with van der Waals surface area (Å²) in [6.07, 6.45) is 2.02. The zero-order valence-electron chi connectivity index (χ0n) is 11.6. The van der Waals surface area contributed by atoms with Gasteiger partial charge in [-0.3, -0.25) is 0 Å². The van der Waals surface area contributed by atoms with Crippen LogP contribution in [-0.2, 0) is 13.0 Å². The fourth-order valence-corrected chi connectivity index (χ4v) is 2.83. The molecule has 2 aromatic rings. The molecule has 0 saturated carbocycles. The first kappa shape index (κ1) is 13.4. The molecule has 21 heavy (non-hydrogen) atoms. The summed E-state index contributed by atoms with van der Waals surface area (Å²) in [7, 11) is 0. The number of nitrogens with two attached hydrogens (primary N) is 1. The molecule has 1 aliphatic heterocycles. The maximum Gasteiger partial charge on any atom is 0.128 e. The fraction of sp³-hybridized carbons (Fsp3) is 0.235. The number of halogens is 1. The molecule has 1 heterocycles. The summed E-state index contributed by atoms with van der Waals surface area (Å²) in [6, 6.07) is 12.4.